The van der Waals surface area contributed by atoms with E-state index >= 15 is 0 Å². The Hall–Kier alpha value is -2.03. The van der Waals surface area contributed by atoms with Crippen LogP contribution in [0.5, 0.6) is 5.75 Å². The van der Waals surface area contributed by atoms with Gasteiger partial charge >= 0.3 is 0 Å². The molecule has 1 aromatic heterocycles. The van der Waals surface area contributed by atoms with Gasteiger partial charge in [0.05, 0.1) is 26.9 Å². The fourth-order valence-electron chi connectivity index (χ4n) is 3.99. The van der Waals surface area contributed by atoms with Gasteiger partial charge in [-0.3, -0.25) is 4.90 Å². The Kier molecular flexibility index (Phi) is 5.66. The highest BCUT2D eigenvalue weighted by molar-refractivity contribution is 5.44. The predicted molar refractivity (Wildman–Crippen MR) is 98.7 cm³/mol. The highest BCUT2D eigenvalue weighted by Crippen LogP contribution is 2.31. The molecule has 8 heteroatoms. The highest BCUT2D eigenvalue weighted by Gasteiger charge is 2.27. The maximum Gasteiger partial charge on any atom is 0.181 e. The van der Waals surface area contributed by atoms with E-state index in [2.05, 4.69) is 32.6 Å². The second-order valence-electron chi connectivity index (χ2n) is 7.13. The molecule has 1 fully saturated rings. The second kappa shape index (κ2) is 8.33. The van der Waals surface area contributed by atoms with E-state index in [1.807, 2.05) is 0 Å². The van der Waals surface area contributed by atoms with Crippen molar-refractivity contribution in [2.45, 2.75) is 38.5 Å². The minimum Gasteiger partial charge on any atom is -0.496 e. The first-order valence-electron chi connectivity index (χ1n) is 9.56. The van der Waals surface area contributed by atoms with E-state index in [1.165, 1.54) is 29.5 Å². The molecule has 8 nitrogen and oxygen atoms in total. The van der Waals surface area contributed by atoms with Gasteiger partial charge in [0.25, 0.3) is 0 Å². The van der Waals surface area contributed by atoms with Crippen LogP contribution in [0.15, 0.2) is 12.1 Å². The van der Waals surface area contributed by atoms with Crippen LogP contribution >= 0.6 is 0 Å². The molecule has 1 aliphatic carbocycles. The lowest BCUT2D eigenvalue weighted by Gasteiger charge is -2.32. The normalized spacial score (nSPS) is 20.0. The third kappa shape index (κ3) is 3.97. The monoisotopic (exact) mass is 373 g/mol. The maximum atomic E-state index is 5.96. The summed E-state index contributed by atoms with van der Waals surface area (Å²) < 4.78 is 18.5. The Balaban J connectivity index is 1.47. The Labute approximate surface area is 159 Å². The van der Waals surface area contributed by atoms with Crippen molar-refractivity contribution in [3.63, 3.8) is 0 Å². The Morgan fingerprint density at radius 2 is 2.07 bits per heavy atom. The lowest BCUT2D eigenvalue weighted by atomic mass is 10.0. The molecule has 0 radical (unpaired) electrons. The van der Waals surface area contributed by atoms with E-state index in [0.29, 0.717) is 19.8 Å². The van der Waals surface area contributed by atoms with Gasteiger partial charge in [-0.2, -0.15) is 0 Å². The van der Waals surface area contributed by atoms with Gasteiger partial charge in [-0.25, -0.2) is 4.68 Å². The lowest BCUT2D eigenvalue weighted by molar-refractivity contribution is -0.0398. The van der Waals surface area contributed by atoms with Gasteiger partial charge in [0.1, 0.15) is 11.9 Å². The van der Waals surface area contributed by atoms with Crippen molar-refractivity contribution in [1.82, 2.24) is 25.1 Å². The first-order chi connectivity index (χ1) is 13.3. The maximum absolute atomic E-state index is 5.96. The largest absolute Gasteiger partial charge is 0.496 e. The van der Waals surface area contributed by atoms with Crippen molar-refractivity contribution < 1.29 is 14.2 Å². The van der Waals surface area contributed by atoms with E-state index in [1.54, 1.807) is 18.9 Å². The minimum atomic E-state index is -0.133. The van der Waals surface area contributed by atoms with Crippen molar-refractivity contribution in [2.75, 3.05) is 40.5 Å². The van der Waals surface area contributed by atoms with E-state index in [9.17, 15) is 0 Å². The summed E-state index contributed by atoms with van der Waals surface area (Å²) in [5.41, 5.74) is 4.16. The van der Waals surface area contributed by atoms with Crippen molar-refractivity contribution in [3.8, 4) is 5.75 Å². The van der Waals surface area contributed by atoms with Gasteiger partial charge in [0.2, 0.25) is 0 Å². The number of hydrogen-bond acceptors (Lipinski definition) is 7. The number of hydrogen-bond donors (Lipinski definition) is 0. The third-order valence-corrected chi connectivity index (χ3v) is 5.39. The van der Waals surface area contributed by atoms with Gasteiger partial charge in [0, 0.05) is 32.3 Å². The number of methoxy groups -OCH3 is 2. The number of tetrazole rings is 1. The quantitative estimate of drug-likeness (QED) is 0.726. The van der Waals surface area contributed by atoms with E-state index < -0.39 is 0 Å². The number of fused-ring (bicyclic) bond motifs is 1. The molecule has 4 rings (SSSR count). The zero-order valence-corrected chi connectivity index (χ0v) is 16.1. The highest BCUT2D eigenvalue weighted by atomic mass is 16.5. The van der Waals surface area contributed by atoms with Crippen LogP contribution < -0.4 is 4.74 Å². The summed E-state index contributed by atoms with van der Waals surface area (Å²) in [5, 5.41) is 12.1. The van der Waals surface area contributed by atoms with E-state index in [0.717, 1.165) is 37.6 Å². The molecule has 0 amide bonds. The van der Waals surface area contributed by atoms with Crippen LogP contribution in [-0.4, -0.2) is 65.6 Å². The Morgan fingerprint density at radius 3 is 2.89 bits per heavy atom. The van der Waals surface area contributed by atoms with Crippen LogP contribution in [0.25, 0.3) is 0 Å². The fourth-order valence-corrected chi connectivity index (χ4v) is 3.99. The summed E-state index contributed by atoms with van der Waals surface area (Å²) in [7, 11) is 3.43. The molecule has 0 unspecified atom stereocenters. The summed E-state index contributed by atoms with van der Waals surface area (Å²) in [6.45, 7) is 4.34. The second-order valence-corrected chi connectivity index (χ2v) is 7.13. The standard InChI is InChI=1S/C19H27N5O3/c1-25-8-7-24-19(20-21-22-24)18-13-23(6-9-27-18)12-16-10-14-4-3-5-15(14)11-17(16)26-2/h10-11,18H,3-9,12-13H2,1-2H3/t18-/m0/s1. The number of aryl methyl sites for hydroxylation is 2. The number of benzene rings is 1. The predicted octanol–water partition coefficient (Wildman–Crippen LogP) is 1.39. The smallest absolute Gasteiger partial charge is 0.181 e. The Morgan fingerprint density at radius 1 is 1.22 bits per heavy atom. The van der Waals surface area contributed by atoms with Crippen LogP contribution in [0.4, 0.5) is 0 Å². The topological polar surface area (TPSA) is 74.5 Å². The minimum absolute atomic E-state index is 0.133. The van der Waals surface area contributed by atoms with E-state index in [-0.39, 0.29) is 6.10 Å². The molecule has 1 saturated heterocycles. The molecule has 1 atom stereocenters. The van der Waals surface area contributed by atoms with Gasteiger partial charge in [-0.15, -0.1) is 5.10 Å². The zero-order valence-electron chi connectivity index (χ0n) is 16.1. The average molecular weight is 373 g/mol. The number of nitrogens with zero attached hydrogens (tertiary/aromatic N) is 5. The van der Waals surface area contributed by atoms with Crippen LogP contribution in [0.1, 0.15) is 35.0 Å². The molecule has 1 aromatic carbocycles. The summed E-state index contributed by atoms with van der Waals surface area (Å²) >= 11 is 0. The first-order valence-corrected chi connectivity index (χ1v) is 9.56. The number of rotatable bonds is 7. The lowest BCUT2D eigenvalue weighted by Crippen LogP contribution is -2.39. The number of aromatic nitrogens is 4. The van der Waals surface area contributed by atoms with Crippen LogP contribution in [-0.2, 0) is 35.4 Å². The molecular formula is C19H27N5O3. The molecule has 0 N–H and O–H groups in total. The molecule has 2 heterocycles. The molecule has 2 aliphatic rings. The summed E-state index contributed by atoms with van der Waals surface area (Å²) in [6.07, 6.45) is 3.44. The van der Waals surface area contributed by atoms with Crippen LogP contribution in [0.2, 0.25) is 0 Å². The van der Waals surface area contributed by atoms with Gasteiger partial charge < -0.3 is 14.2 Å². The molecule has 27 heavy (non-hydrogen) atoms. The molecule has 146 valence electrons. The fraction of sp³-hybridized carbons (Fsp3) is 0.632. The number of ether oxygens (including phenoxy) is 3. The Bertz CT molecular complexity index is 779. The summed E-state index contributed by atoms with van der Waals surface area (Å²) in [5.74, 6) is 1.75. The van der Waals surface area contributed by atoms with Crippen molar-refractivity contribution in [2.24, 2.45) is 0 Å². The van der Waals surface area contributed by atoms with Gasteiger partial charge in [-0.1, -0.05) is 6.07 Å². The molecule has 0 bridgehead atoms. The van der Waals surface area contributed by atoms with Crippen molar-refractivity contribution >= 4 is 0 Å². The molecule has 0 spiro atoms. The third-order valence-electron chi connectivity index (χ3n) is 5.39. The molecule has 0 saturated carbocycles. The number of morpholine rings is 1. The SMILES string of the molecule is COCCn1nnnc1[C@@H]1CN(Cc2cc3c(cc2OC)CCC3)CCO1. The van der Waals surface area contributed by atoms with Crippen LogP contribution in [0, 0.1) is 0 Å². The molecular weight excluding hydrogens is 346 g/mol. The van der Waals surface area contributed by atoms with Gasteiger partial charge in [0.15, 0.2) is 5.82 Å². The van der Waals surface area contributed by atoms with Crippen molar-refractivity contribution in [1.29, 1.82) is 0 Å². The molecule has 1 aliphatic heterocycles. The zero-order chi connectivity index (χ0) is 18.6. The summed E-state index contributed by atoms with van der Waals surface area (Å²) in [6, 6.07) is 4.55. The van der Waals surface area contributed by atoms with Crippen molar-refractivity contribution in [3.05, 3.63) is 34.6 Å². The molecule has 2 aromatic rings. The van der Waals surface area contributed by atoms with Gasteiger partial charge in [-0.05, 0) is 46.9 Å². The average Bonchev–Trinajstić information content (AvgIpc) is 3.34. The van der Waals surface area contributed by atoms with Crippen LogP contribution in [0.3, 0.4) is 0 Å². The summed E-state index contributed by atoms with van der Waals surface area (Å²) in [4.78, 5) is 2.39. The first kappa shape index (κ1) is 18.3. The van der Waals surface area contributed by atoms with E-state index in [4.69, 9.17) is 14.2 Å².